The van der Waals surface area contributed by atoms with Gasteiger partial charge in [0.25, 0.3) is 5.91 Å². The molecule has 0 aromatic carbocycles. The van der Waals surface area contributed by atoms with Gasteiger partial charge in [-0.05, 0) is 37.4 Å². The molecule has 120 valence electrons. The molecular formula is C16H23N3O2S. The molecule has 1 aliphatic heterocycles. The number of aryl methyl sites for hydroxylation is 1. The lowest BCUT2D eigenvalue weighted by Gasteiger charge is -2.26. The van der Waals surface area contributed by atoms with Gasteiger partial charge in [-0.3, -0.25) is 9.69 Å². The number of aromatic nitrogens is 1. The summed E-state index contributed by atoms with van der Waals surface area (Å²) in [6.07, 6.45) is 0.979. The summed E-state index contributed by atoms with van der Waals surface area (Å²) < 4.78 is 8.60. The van der Waals surface area contributed by atoms with Crippen molar-refractivity contribution < 1.29 is 9.53 Å². The van der Waals surface area contributed by atoms with Crippen molar-refractivity contribution >= 4 is 27.5 Å². The van der Waals surface area contributed by atoms with Crippen molar-refractivity contribution in [2.45, 2.75) is 19.9 Å². The number of hydrogen-bond acceptors (Lipinski definition) is 4. The summed E-state index contributed by atoms with van der Waals surface area (Å²) in [7, 11) is 0. The Hall–Kier alpha value is -1.37. The third-order valence-corrected chi connectivity index (χ3v) is 4.97. The number of carbonyl (C=O) groups excluding carboxylic acids is 1. The minimum absolute atomic E-state index is 0.0345. The Morgan fingerprint density at radius 3 is 3.00 bits per heavy atom. The molecule has 1 saturated heterocycles. The summed E-state index contributed by atoms with van der Waals surface area (Å²) >= 11 is 1.68. The second-order valence-corrected chi connectivity index (χ2v) is 6.46. The monoisotopic (exact) mass is 321 g/mol. The van der Waals surface area contributed by atoms with Gasteiger partial charge in [-0.25, -0.2) is 0 Å². The molecular weight excluding hydrogens is 298 g/mol. The first kappa shape index (κ1) is 15.5. The van der Waals surface area contributed by atoms with Crippen molar-refractivity contribution in [2.75, 3.05) is 39.4 Å². The number of nitrogens with zero attached hydrogens (tertiary/aromatic N) is 2. The first-order valence-electron chi connectivity index (χ1n) is 7.94. The van der Waals surface area contributed by atoms with E-state index in [0.29, 0.717) is 0 Å². The van der Waals surface area contributed by atoms with Gasteiger partial charge in [0.1, 0.15) is 5.69 Å². The van der Waals surface area contributed by atoms with E-state index in [4.69, 9.17) is 4.74 Å². The summed E-state index contributed by atoms with van der Waals surface area (Å²) in [5.74, 6) is 0.0345. The number of morpholine rings is 1. The Bertz CT molecular complexity index is 628. The highest BCUT2D eigenvalue weighted by Crippen LogP contribution is 2.25. The number of nitrogens with one attached hydrogen (secondary N) is 1. The fraction of sp³-hybridized carbons (Fsp3) is 0.562. The molecule has 0 radical (unpaired) electrons. The number of hydrogen-bond donors (Lipinski definition) is 1. The molecule has 0 spiro atoms. The number of thiophene rings is 1. The first-order valence-corrected chi connectivity index (χ1v) is 8.82. The zero-order chi connectivity index (χ0) is 15.4. The van der Waals surface area contributed by atoms with Crippen LogP contribution in [0.25, 0.3) is 10.2 Å². The summed E-state index contributed by atoms with van der Waals surface area (Å²) in [5.41, 5.74) is 1.93. The number of amides is 1. The van der Waals surface area contributed by atoms with E-state index in [-0.39, 0.29) is 5.91 Å². The quantitative estimate of drug-likeness (QED) is 0.830. The third kappa shape index (κ3) is 3.34. The van der Waals surface area contributed by atoms with Gasteiger partial charge in [0, 0.05) is 26.2 Å². The van der Waals surface area contributed by atoms with Crippen LogP contribution in [-0.2, 0) is 11.3 Å². The van der Waals surface area contributed by atoms with Crippen LogP contribution < -0.4 is 5.32 Å². The van der Waals surface area contributed by atoms with E-state index in [2.05, 4.69) is 33.2 Å². The SMILES string of the molecule is CCn1c(C(=O)NCCCN2CCOCC2)cc2sccc21. The van der Waals surface area contributed by atoms with Crippen LogP contribution in [0.5, 0.6) is 0 Å². The van der Waals surface area contributed by atoms with Crippen molar-refractivity contribution in [1.82, 2.24) is 14.8 Å². The lowest BCUT2D eigenvalue weighted by atomic mass is 10.3. The second kappa shape index (κ2) is 7.26. The Morgan fingerprint density at radius 2 is 2.23 bits per heavy atom. The van der Waals surface area contributed by atoms with Crippen molar-refractivity contribution in [3.63, 3.8) is 0 Å². The molecule has 1 fully saturated rings. The molecule has 0 bridgehead atoms. The maximum Gasteiger partial charge on any atom is 0.267 e. The van der Waals surface area contributed by atoms with Crippen LogP contribution in [0.4, 0.5) is 0 Å². The molecule has 22 heavy (non-hydrogen) atoms. The second-order valence-electron chi connectivity index (χ2n) is 5.51. The minimum atomic E-state index is 0.0345. The normalized spacial score (nSPS) is 16.2. The lowest BCUT2D eigenvalue weighted by Crippen LogP contribution is -2.38. The van der Waals surface area contributed by atoms with Crippen LogP contribution in [0.3, 0.4) is 0 Å². The van der Waals surface area contributed by atoms with Gasteiger partial charge in [0.2, 0.25) is 0 Å². The zero-order valence-corrected chi connectivity index (χ0v) is 13.8. The van der Waals surface area contributed by atoms with Crippen molar-refractivity contribution in [3.8, 4) is 0 Å². The number of rotatable bonds is 6. The molecule has 1 amide bonds. The molecule has 6 heteroatoms. The lowest BCUT2D eigenvalue weighted by molar-refractivity contribution is 0.0374. The number of ether oxygens (including phenoxy) is 1. The molecule has 0 unspecified atom stereocenters. The molecule has 1 aliphatic rings. The predicted octanol–water partition coefficient (Wildman–Crippen LogP) is 2.17. The molecule has 0 aliphatic carbocycles. The van der Waals surface area contributed by atoms with Crippen LogP contribution in [0, 0.1) is 0 Å². The summed E-state index contributed by atoms with van der Waals surface area (Å²) in [6.45, 7) is 8.29. The van der Waals surface area contributed by atoms with E-state index < -0.39 is 0 Å². The van der Waals surface area contributed by atoms with Crippen molar-refractivity contribution in [2.24, 2.45) is 0 Å². The van der Waals surface area contributed by atoms with E-state index >= 15 is 0 Å². The molecule has 5 nitrogen and oxygen atoms in total. The maximum absolute atomic E-state index is 12.4. The van der Waals surface area contributed by atoms with Crippen molar-refractivity contribution in [1.29, 1.82) is 0 Å². The molecule has 0 atom stereocenters. The van der Waals surface area contributed by atoms with E-state index in [0.717, 1.165) is 63.6 Å². The van der Waals surface area contributed by atoms with Gasteiger partial charge >= 0.3 is 0 Å². The topological polar surface area (TPSA) is 46.5 Å². The van der Waals surface area contributed by atoms with Crippen LogP contribution in [0.15, 0.2) is 17.5 Å². The van der Waals surface area contributed by atoms with Crippen LogP contribution in [0.2, 0.25) is 0 Å². The maximum atomic E-state index is 12.4. The number of fused-ring (bicyclic) bond motifs is 1. The summed E-state index contributed by atoms with van der Waals surface area (Å²) in [6, 6.07) is 4.08. The average molecular weight is 321 g/mol. The largest absolute Gasteiger partial charge is 0.379 e. The first-order chi connectivity index (χ1) is 10.8. The Balaban J connectivity index is 1.51. The highest BCUT2D eigenvalue weighted by atomic mass is 32.1. The molecule has 3 heterocycles. The van der Waals surface area contributed by atoms with Gasteiger partial charge in [-0.1, -0.05) is 0 Å². The van der Waals surface area contributed by atoms with Gasteiger partial charge in [0.05, 0.1) is 23.4 Å². The molecule has 1 N–H and O–H groups in total. The molecule has 3 rings (SSSR count). The minimum Gasteiger partial charge on any atom is -0.379 e. The average Bonchev–Trinajstić information content (AvgIpc) is 3.12. The molecule has 0 saturated carbocycles. The van der Waals surface area contributed by atoms with Gasteiger partial charge in [-0.15, -0.1) is 11.3 Å². The van der Waals surface area contributed by atoms with E-state index in [1.165, 1.54) is 4.70 Å². The van der Waals surface area contributed by atoms with Gasteiger partial charge in [-0.2, -0.15) is 0 Å². The van der Waals surface area contributed by atoms with Gasteiger partial charge < -0.3 is 14.6 Å². The zero-order valence-electron chi connectivity index (χ0n) is 13.0. The van der Waals surface area contributed by atoms with Gasteiger partial charge in [0.15, 0.2) is 0 Å². The summed E-state index contributed by atoms with van der Waals surface area (Å²) in [4.78, 5) is 14.8. The smallest absolute Gasteiger partial charge is 0.267 e. The van der Waals surface area contributed by atoms with Crippen LogP contribution in [-0.4, -0.2) is 54.8 Å². The fourth-order valence-electron chi connectivity index (χ4n) is 2.93. The predicted molar refractivity (Wildman–Crippen MR) is 89.7 cm³/mol. The molecule has 2 aromatic rings. The Kier molecular flexibility index (Phi) is 5.12. The Labute approximate surface area is 134 Å². The van der Waals surface area contributed by atoms with Crippen LogP contribution in [0.1, 0.15) is 23.8 Å². The highest BCUT2D eigenvalue weighted by molar-refractivity contribution is 7.17. The summed E-state index contributed by atoms with van der Waals surface area (Å²) in [5, 5.41) is 5.12. The molecule has 2 aromatic heterocycles. The van der Waals surface area contributed by atoms with Crippen LogP contribution >= 0.6 is 11.3 Å². The highest BCUT2D eigenvalue weighted by Gasteiger charge is 2.15. The Morgan fingerprint density at radius 1 is 1.41 bits per heavy atom. The number of carbonyl (C=O) groups is 1. The van der Waals surface area contributed by atoms with E-state index in [1.54, 1.807) is 11.3 Å². The fourth-order valence-corrected chi connectivity index (χ4v) is 3.75. The van der Waals surface area contributed by atoms with Crippen molar-refractivity contribution in [3.05, 3.63) is 23.2 Å². The van der Waals surface area contributed by atoms with E-state index in [9.17, 15) is 4.79 Å². The standard InChI is InChI=1S/C16H23N3O2S/c1-2-19-13-4-11-22-15(13)12-14(19)16(20)17-5-3-6-18-7-9-21-10-8-18/h4,11-12H,2-3,5-10H2,1H3,(H,17,20). The van der Waals surface area contributed by atoms with E-state index in [1.807, 2.05) is 6.07 Å². The third-order valence-electron chi connectivity index (χ3n) is 4.11.